The summed E-state index contributed by atoms with van der Waals surface area (Å²) in [5.74, 6) is -3.45. The van der Waals surface area contributed by atoms with Crippen LogP contribution in [0.3, 0.4) is 0 Å². The molecule has 39 heavy (non-hydrogen) atoms. The Labute approximate surface area is 226 Å². The predicted molar refractivity (Wildman–Crippen MR) is 143 cm³/mol. The number of carboxylic acids is 1. The van der Waals surface area contributed by atoms with E-state index >= 15 is 0 Å². The molecule has 0 radical (unpaired) electrons. The van der Waals surface area contributed by atoms with Crippen molar-refractivity contribution >= 4 is 34.5 Å². The number of benzene rings is 1. The fourth-order valence-electron chi connectivity index (χ4n) is 5.15. The van der Waals surface area contributed by atoms with Crippen molar-refractivity contribution in [2.45, 2.75) is 51.7 Å². The molecule has 3 heterocycles. The summed E-state index contributed by atoms with van der Waals surface area (Å²) in [6.45, 7) is 3.56. The number of rotatable bonds is 6. The van der Waals surface area contributed by atoms with Crippen molar-refractivity contribution in [3.63, 3.8) is 0 Å². The first kappa shape index (κ1) is 26.9. The molecule has 7 nitrogen and oxygen atoms in total. The van der Waals surface area contributed by atoms with Crippen LogP contribution >= 0.6 is 11.3 Å². The van der Waals surface area contributed by atoms with Gasteiger partial charge in [-0.15, -0.1) is 11.3 Å². The van der Waals surface area contributed by atoms with E-state index in [1.165, 1.54) is 4.90 Å². The van der Waals surface area contributed by atoms with Crippen LogP contribution in [0.2, 0.25) is 0 Å². The van der Waals surface area contributed by atoms with Crippen LogP contribution in [0, 0.1) is 11.8 Å². The molecule has 1 aliphatic rings. The summed E-state index contributed by atoms with van der Waals surface area (Å²) in [7, 11) is 0. The van der Waals surface area contributed by atoms with E-state index in [2.05, 4.69) is 10.1 Å². The van der Waals surface area contributed by atoms with E-state index in [4.69, 9.17) is 0 Å². The standard InChI is InChI=1S/C28H27F3N4O3S/c1-16(2)35(26(36)19-8-10-20(11-9-19)28(29,30)31)22-15-23(39-25(22)27(37)38)18-6-4-17(5-7-18)21-14-24-32-12-3-13-34(24)33-21/h3-7,12-16,19-20H,8-11H2,1-2H3,(H,37,38). The molecular weight excluding hydrogens is 529 g/mol. The lowest BCUT2D eigenvalue weighted by molar-refractivity contribution is -0.184. The second kappa shape index (κ2) is 10.4. The fourth-order valence-corrected chi connectivity index (χ4v) is 6.14. The number of alkyl halides is 3. The first-order valence-corrected chi connectivity index (χ1v) is 13.5. The number of halogens is 3. The molecule has 4 aromatic rings. The highest BCUT2D eigenvalue weighted by molar-refractivity contribution is 7.18. The zero-order chi connectivity index (χ0) is 27.9. The summed E-state index contributed by atoms with van der Waals surface area (Å²) < 4.78 is 41.1. The van der Waals surface area contributed by atoms with E-state index in [-0.39, 0.29) is 48.2 Å². The van der Waals surface area contributed by atoms with Gasteiger partial charge in [-0.05, 0) is 57.2 Å². The molecule has 0 bridgehead atoms. The number of carbonyl (C=O) groups is 2. The van der Waals surface area contributed by atoms with Crippen molar-refractivity contribution in [2.75, 3.05) is 4.90 Å². The molecule has 3 aromatic heterocycles. The molecule has 1 N–H and O–H groups in total. The molecule has 11 heteroatoms. The number of carbonyl (C=O) groups excluding carboxylic acids is 1. The minimum Gasteiger partial charge on any atom is -0.477 e. The van der Waals surface area contributed by atoms with Crippen LogP contribution in [-0.4, -0.2) is 43.8 Å². The minimum atomic E-state index is -4.26. The maximum absolute atomic E-state index is 13.5. The molecule has 0 aliphatic heterocycles. The van der Waals surface area contributed by atoms with Crippen molar-refractivity contribution < 1.29 is 27.9 Å². The van der Waals surface area contributed by atoms with Gasteiger partial charge in [-0.2, -0.15) is 18.3 Å². The summed E-state index contributed by atoms with van der Waals surface area (Å²) in [5.41, 5.74) is 3.39. The Morgan fingerprint density at radius 1 is 1.08 bits per heavy atom. The molecule has 0 saturated heterocycles. The number of thiophene rings is 1. The highest BCUT2D eigenvalue weighted by atomic mass is 32.1. The molecule has 0 unspecified atom stereocenters. The number of carboxylic acid groups (broad SMARTS) is 1. The number of hydrogen-bond donors (Lipinski definition) is 1. The van der Waals surface area contributed by atoms with E-state index in [0.29, 0.717) is 4.88 Å². The molecule has 1 saturated carbocycles. The first-order valence-electron chi connectivity index (χ1n) is 12.7. The second-order valence-electron chi connectivity index (χ2n) is 10.1. The van der Waals surface area contributed by atoms with Gasteiger partial charge in [0.1, 0.15) is 4.88 Å². The smallest absolute Gasteiger partial charge is 0.391 e. The van der Waals surface area contributed by atoms with Gasteiger partial charge in [-0.25, -0.2) is 14.3 Å². The molecular formula is C28H27F3N4O3S. The van der Waals surface area contributed by atoms with Gasteiger partial charge >= 0.3 is 12.1 Å². The maximum atomic E-state index is 13.5. The second-order valence-corrected chi connectivity index (χ2v) is 11.1. The third kappa shape index (κ3) is 5.40. The summed E-state index contributed by atoms with van der Waals surface area (Å²) in [6.07, 6.45) is -0.691. The average molecular weight is 557 g/mol. The Hall–Kier alpha value is -3.73. The first-order chi connectivity index (χ1) is 18.5. The number of aromatic carboxylic acids is 1. The Morgan fingerprint density at radius 2 is 1.74 bits per heavy atom. The number of fused-ring (bicyclic) bond motifs is 1. The van der Waals surface area contributed by atoms with Gasteiger partial charge in [0.05, 0.1) is 17.3 Å². The third-order valence-electron chi connectivity index (χ3n) is 7.16. The van der Waals surface area contributed by atoms with Gasteiger partial charge in [0, 0.05) is 40.9 Å². The third-order valence-corrected chi connectivity index (χ3v) is 8.32. The van der Waals surface area contributed by atoms with Gasteiger partial charge < -0.3 is 10.0 Å². The topological polar surface area (TPSA) is 87.8 Å². The Morgan fingerprint density at radius 3 is 2.33 bits per heavy atom. The number of nitrogens with zero attached hydrogens (tertiary/aromatic N) is 4. The highest BCUT2D eigenvalue weighted by Gasteiger charge is 2.43. The van der Waals surface area contributed by atoms with Crippen LogP contribution in [0.1, 0.15) is 49.2 Å². The van der Waals surface area contributed by atoms with Crippen LogP contribution in [-0.2, 0) is 4.79 Å². The van der Waals surface area contributed by atoms with Crippen LogP contribution in [0.5, 0.6) is 0 Å². The van der Waals surface area contributed by atoms with Gasteiger partial charge in [0.15, 0.2) is 5.65 Å². The number of anilines is 1. The molecule has 204 valence electrons. The average Bonchev–Trinajstić information content (AvgIpc) is 3.53. The van der Waals surface area contributed by atoms with E-state index < -0.39 is 24.0 Å². The lowest BCUT2D eigenvalue weighted by Crippen LogP contribution is -2.43. The van der Waals surface area contributed by atoms with E-state index in [0.717, 1.165) is 33.8 Å². The number of amides is 1. The van der Waals surface area contributed by atoms with E-state index in [9.17, 15) is 27.9 Å². The lowest BCUT2D eigenvalue weighted by Gasteiger charge is -2.34. The van der Waals surface area contributed by atoms with Crippen molar-refractivity contribution in [3.8, 4) is 21.7 Å². The summed E-state index contributed by atoms with van der Waals surface area (Å²) in [5, 5.41) is 14.5. The van der Waals surface area contributed by atoms with Crippen LogP contribution < -0.4 is 4.90 Å². The fraction of sp³-hybridized carbons (Fsp3) is 0.357. The monoisotopic (exact) mass is 556 g/mol. The summed E-state index contributed by atoms with van der Waals surface area (Å²) >= 11 is 1.07. The molecule has 1 fully saturated rings. The summed E-state index contributed by atoms with van der Waals surface area (Å²) in [6, 6.07) is 12.5. The van der Waals surface area contributed by atoms with Gasteiger partial charge in [-0.3, -0.25) is 4.79 Å². The molecule has 1 amide bonds. The van der Waals surface area contributed by atoms with Crippen LogP contribution in [0.25, 0.3) is 27.3 Å². The molecule has 1 aromatic carbocycles. The maximum Gasteiger partial charge on any atom is 0.391 e. The zero-order valence-electron chi connectivity index (χ0n) is 21.4. The van der Waals surface area contributed by atoms with E-state index in [1.807, 2.05) is 36.5 Å². The van der Waals surface area contributed by atoms with Crippen molar-refractivity contribution in [1.82, 2.24) is 14.6 Å². The normalized spacial score (nSPS) is 18.0. The van der Waals surface area contributed by atoms with Gasteiger partial charge in [0.25, 0.3) is 0 Å². The lowest BCUT2D eigenvalue weighted by atomic mass is 9.81. The predicted octanol–water partition coefficient (Wildman–Crippen LogP) is 6.93. The quantitative estimate of drug-likeness (QED) is 0.278. The largest absolute Gasteiger partial charge is 0.477 e. The van der Waals surface area contributed by atoms with Crippen molar-refractivity contribution in [2.24, 2.45) is 11.8 Å². The van der Waals surface area contributed by atoms with Crippen molar-refractivity contribution in [1.29, 1.82) is 0 Å². The molecule has 0 spiro atoms. The van der Waals surface area contributed by atoms with E-state index in [1.54, 1.807) is 36.7 Å². The van der Waals surface area contributed by atoms with Gasteiger partial charge in [0.2, 0.25) is 5.91 Å². The molecule has 0 atom stereocenters. The Balaban J connectivity index is 1.42. The molecule has 1 aliphatic carbocycles. The van der Waals surface area contributed by atoms with Crippen LogP contribution in [0.4, 0.5) is 18.9 Å². The Bertz CT molecular complexity index is 1470. The summed E-state index contributed by atoms with van der Waals surface area (Å²) in [4.78, 5) is 32.2. The molecule has 5 rings (SSSR count). The van der Waals surface area contributed by atoms with Crippen LogP contribution in [0.15, 0.2) is 54.9 Å². The minimum absolute atomic E-state index is 0.0199. The highest BCUT2D eigenvalue weighted by Crippen LogP contribution is 2.43. The Kier molecular flexibility index (Phi) is 7.19. The van der Waals surface area contributed by atoms with Crippen molar-refractivity contribution in [3.05, 3.63) is 59.7 Å². The number of aromatic nitrogens is 3. The van der Waals surface area contributed by atoms with Gasteiger partial charge in [-0.1, -0.05) is 24.3 Å². The SMILES string of the molecule is CC(C)N(C(=O)C1CCC(C(F)(F)F)CC1)c1cc(-c2ccc(-c3cc4ncccn4n3)cc2)sc1C(=O)O. The zero-order valence-corrected chi connectivity index (χ0v) is 22.2. The number of hydrogen-bond acceptors (Lipinski definition) is 5.